The third-order valence-electron chi connectivity index (χ3n) is 4.58. The van der Waals surface area contributed by atoms with E-state index in [1.807, 2.05) is 18.5 Å². The lowest BCUT2D eigenvalue weighted by Gasteiger charge is -2.11. The van der Waals surface area contributed by atoms with Gasteiger partial charge in [0, 0.05) is 36.8 Å². The van der Waals surface area contributed by atoms with Crippen molar-refractivity contribution in [2.45, 2.75) is 40.3 Å². The van der Waals surface area contributed by atoms with Crippen molar-refractivity contribution in [3.8, 4) is 0 Å². The predicted octanol–water partition coefficient (Wildman–Crippen LogP) is 3.45. The minimum Gasteiger partial charge on any atom is -0.459 e. The summed E-state index contributed by atoms with van der Waals surface area (Å²) in [5.74, 6) is 1.22. The molecule has 27 heavy (non-hydrogen) atoms. The predicted molar refractivity (Wildman–Crippen MR) is 105 cm³/mol. The number of furan rings is 1. The Morgan fingerprint density at radius 2 is 2.04 bits per heavy atom. The number of halogens is 1. The van der Waals surface area contributed by atoms with E-state index in [1.165, 1.54) is 17.8 Å². The normalized spacial score (nSPS) is 12.0. The van der Waals surface area contributed by atoms with Gasteiger partial charge in [-0.05, 0) is 51.5 Å². The first-order valence-electron chi connectivity index (χ1n) is 9.11. The van der Waals surface area contributed by atoms with E-state index in [0.717, 1.165) is 41.9 Å². The highest BCUT2D eigenvalue weighted by atomic mass is 19.1. The van der Waals surface area contributed by atoms with E-state index in [2.05, 4.69) is 33.7 Å². The van der Waals surface area contributed by atoms with Gasteiger partial charge >= 0.3 is 0 Å². The molecule has 0 aliphatic rings. The number of fused-ring (bicyclic) bond motifs is 1. The minimum absolute atomic E-state index is 0.258. The van der Waals surface area contributed by atoms with Crippen LogP contribution in [0.4, 0.5) is 4.39 Å². The average molecular weight is 371 g/mol. The summed E-state index contributed by atoms with van der Waals surface area (Å²) in [5.41, 5.74) is 3.85. The summed E-state index contributed by atoms with van der Waals surface area (Å²) < 4.78 is 21.3. The van der Waals surface area contributed by atoms with Gasteiger partial charge in [0.05, 0.1) is 12.2 Å². The van der Waals surface area contributed by atoms with Gasteiger partial charge < -0.3 is 15.1 Å². The molecule has 0 saturated carbocycles. The second kappa shape index (κ2) is 8.24. The summed E-state index contributed by atoms with van der Waals surface area (Å²) >= 11 is 0. The maximum Gasteiger partial charge on any atom is 0.191 e. The molecule has 6 nitrogen and oxygen atoms in total. The molecule has 144 valence electrons. The summed E-state index contributed by atoms with van der Waals surface area (Å²) in [5, 5.41) is 11.8. The number of rotatable bonds is 6. The lowest BCUT2D eigenvalue weighted by atomic mass is 10.1. The van der Waals surface area contributed by atoms with Crippen LogP contribution >= 0.6 is 0 Å². The van der Waals surface area contributed by atoms with E-state index in [0.29, 0.717) is 18.1 Å². The fraction of sp³-hybridized carbons (Fsp3) is 0.400. The summed E-state index contributed by atoms with van der Waals surface area (Å²) in [6.45, 7) is 8.13. The number of aromatic nitrogens is 2. The van der Waals surface area contributed by atoms with Gasteiger partial charge in [0.2, 0.25) is 0 Å². The van der Waals surface area contributed by atoms with Gasteiger partial charge in [-0.15, -0.1) is 0 Å². The third kappa shape index (κ3) is 4.48. The molecule has 0 bridgehead atoms. The molecule has 3 rings (SSSR count). The van der Waals surface area contributed by atoms with E-state index < -0.39 is 0 Å². The topological polar surface area (TPSA) is 67.4 Å². The van der Waals surface area contributed by atoms with Crippen LogP contribution in [0.15, 0.2) is 33.7 Å². The molecule has 7 heteroatoms. The minimum atomic E-state index is -0.258. The Labute approximate surface area is 158 Å². The van der Waals surface area contributed by atoms with Crippen LogP contribution in [-0.4, -0.2) is 29.3 Å². The van der Waals surface area contributed by atoms with Gasteiger partial charge in [-0.3, -0.25) is 9.67 Å². The van der Waals surface area contributed by atoms with Crippen molar-refractivity contribution in [1.29, 1.82) is 0 Å². The summed E-state index contributed by atoms with van der Waals surface area (Å²) in [4.78, 5) is 4.24. The van der Waals surface area contributed by atoms with Crippen LogP contribution in [-0.2, 0) is 13.1 Å². The van der Waals surface area contributed by atoms with E-state index in [9.17, 15) is 4.39 Å². The highest BCUT2D eigenvalue weighted by molar-refractivity contribution is 5.83. The van der Waals surface area contributed by atoms with Crippen molar-refractivity contribution in [2.24, 2.45) is 4.99 Å². The molecule has 0 spiro atoms. The molecule has 0 atom stereocenters. The lowest BCUT2D eigenvalue weighted by molar-refractivity contribution is 0.530. The second-order valence-electron chi connectivity index (χ2n) is 6.65. The van der Waals surface area contributed by atoms with Gasteiger partial charge in [-0.25, -0.2) is 4.39 Å². The van der Waals surface area contributed by atoms with Crippen molar-refractivity contribution in [3.63, 3.8) is 0 Å². The van der Waals surface area contributed by atoms with Crippen LogP contribution in [0.2, 0.25) is 0 Å². The Kier molecular flexibility index (Phi) is 5.78. The molecule has 0 aliphatic carbocycles. The van der Waals surface area contributed by atoms with E-state index in [1.54, 1.807) is 13.1 Å². The molecule has 3 aromatic rings. The molecular weight excluding hydrogens is 345 g/mol. The number of benzene rings is 1. The van der Waals surface area contributed by atoms with Gasteiger partial charge in [0.15, 0.2) is 5.96 Å². The Morgan fingerprint density at radius 1 is 1.22 bits per heavy atom. The summed E-state index contributed by atoms with van der Waals surface area (Å²) in [6, 6.07) is 6.65. The molecule has 2 aromatic heterocycles. The van der Waals surface area contributed by atoms with E-state index >= 15 is 0 Å². The zero-order valence-corrected chi connectivity index (χ0v) is 16.3. The number of nitrogens with one attached hydrogen (secondary N) is 2. The van der Waals surface area contributed by atoms with Crippen molar-refractivity contribution >= 4 is 16.9 Å². The highest BCUT2D eigenvalue weighted by Crippen LogP contribution is 2.25. The molecule has 0 aliphatic heterocycles. The maximum absolute atomic E-state index is 13.4. The summed E-state index contributed by atoms with van der Waals surface area (Å²) in [6.07, 6.45) is 0.936. The van der Waals surface area contributed by atoms with Crippen LogP contribution in [0.25, 0.3) is 11.0 Å². The molecular formula is C20H26FN5O. The SMILES string of the molecule is CN=C(NCCCn1nc(C)cc1C)NCc1oc2ccc(F)cc2c1C. The Hall–Kier alpha value is -2.83. The van der Waals surface area contributed by atoms with E-state index in [-0.39, 0.29) is 5.82 Å². The van der Waals surface area contributed by atoms with E-state index in [4.69, 9.17) is 4.42 Å². The Bertz CT molecular complexity index is 957. The van der Waals surface area contributed by atoms with Crippen LogP contribution in [0, 0.1) is 26.6 Å². The van der Waals surface area contributed by atoms with Gasteiger partial charge in [-0.1, -0.05) is 0 Å². The molecule has 0 radical (unpaired) electrons. The summed E-state index contributed by atoms with van der Waals surface area (Å²) in [7, 11) is 1.73. The third-order valence-corrected chi connectivity index (χ3v) is 4.58. The van der Waals surface area contributed by atoms with Gasteiger partial charge in [-0.2, -0.15) is 5.10 Å². The van der Waals surface area contributed by atoms with Gasteiger partial charge in [0.25, 0.3) is 0 Å². The second-order valence-corrected chi connectivity index (χ2v) is 6.65. The smallest absolute Gasteiger partial charge is 0.191 e. The highest BCUT2D eigenvalue weighted by Gasteiger charge is 2.11. The fourth-order valence-electron chi connectivity index (χ4n) is 3.13. The number of hydrogen-bond donors (Lipinski definition) is 2. The van der Waals surface area contributed by atoms with Crippen molar-refractivity contribution in [3.05, 3.63) is 52.8 Å². The number of guanidine groups is 1. The molecule has 2 N–H and O–H groups in total. The Balaban J connectivity index is 1.51. The first kappa shape index (κ1) is 18.9. The quantitative estimate of drug-likeness (QED) is 0.396. The van der Waals surface area contributed by atoms with Crippen LogP contribution in [0.5, 0.6) is 0 Å². The fourth-order valence-corrected chi connectivity index (χ4v) is 3.13. The van der Waals surface area contributed by atoms with Crippen molar-refractivity contribution in [1.82, 2.24) is 20.4 Å². The first-order valence-corrected chi connectivity index (χ1v) is 9.11. The number of hydrogen-bond acceptors (Lipinski definition) is 3. The maximum atomic E-state index is 13.4. The first-order chi connectivity index (χ1) is 13.0. The van der Waals surface area contributed by atoms with Crippen molar-refractivity contribution in [2.75, 3.05) is 13.6 Å². The van der Waals surface area contributed by atoms with Gasteiger partial charge in [0.1, 0.15) is 17.2 Å². The largest absolute Gasteiger partial charge is 0.459 e. The molecule has 0 unspecified atom stereocenters. The molecule has 2 heterocycles. The Morgan fingerprint density at radius 3 is 2.74 bits per heavy atom. The standard InChI is InChI=1S/C20H26FN5O/c1-13-10-14(2)26(25-13)9-5-8-23-20(22-4)24-12-19-15(3)17-11-16(21)6-7-18(17)27-19/h6-7,10-11H,5,8-9,12H2,1-4H3,(H2,22,23,24). The molecule has 1 aromatic carbocycles. The van der Waals surface area contributed by atoms with Crippen molar-refractivity contribution < 1.29 is 8.81 Å². The van der Waals surface area contributed by atoms with Crippen LogP contribution in [0.3, 0.4) is 0 Å². The van der Waals surface area contributed by atoms with Crippen LogP contribution < -0.4 is 10.6 Å². The number of aryl methyl sites for hydroxylation is 4. The molecule has 0 saturated heterocycles. The van der Waals surface area contributed by atoms with Crippen LogP contribution in [0.1, 0.15) is 29.1 Å². The number of aliphatic imine (C=N–C) groups is 1. The average Bonchev–Trinajstić information content (AvgIpc) is 3.13. The molecule has 0 amide bonds. The zero-order chi connectivity index (χ0) is 19.4. The molecule has 0 fully saturated rings. The zero-order valence-electron chi connectivity index (χ0n) is 16.3. The number of nitrogens with zero attached hydrogens (tertiary/aromatic N) is 3. The monoisotopic (exact) mass is 371 g/mol. The lowest BCUT2D eigenvalue weighted by Crippen LogP contribution is -2.37.